The fraction of sp³-hybridized carbons (Fsp3) is 0.909. The van der Waals surface area contributed by atoms with Crippen molar-refractivity contribution < 1.29 is 9.72 Å². The molecule has 1 rings (SSSR count). The van der Waals surface area contributed by atoms with Crippen LogP contribution < -0.4 is 0 Å². The molecule has 1 saturated carbocycles. The molecule has 1 aliphatic carbocycles. The van der Waals surface area contributed by atoms with Crippen LogP contribution in [0.3, 0.4) is 0 Å². The third kappa shape index (κ3) is 3.01. The highest BCUT2D eigenvalue weighted by Gasteiger charge is 2.63. The number of rotatable bonds is 8. The van der Waals surface area contributed by atoms with E-state index in [4.69, 9.17) is 0 Å². The lowest BCUT2D eigenvalue weighted by Crippen LogP contribution is -2.15. The van der Waals surface area contributed by atoms with Crippen molar-refractivity contribution >= 4 is 6.29 Å². The van der Waals surface area contributed by atoms with Crippen LogP contribution >= 0.6 is 0 Å². The summed E-state index contributed by atoms with van der Waals surface area (Å²) in [5, 5.41) is 10.5. The topological polar surface area (TPSA) is 60.2 Å². The van der Waals surface area contributed by atoms with Crippen molar-refractivity contribution in [2.45, 2.75) is 57.9 Å². The smallest absolute Gasteiger partial charge is 0.226 e. The molecular weight excluding hydrogens is 194 g/mol. The van der Waals surface area contributed by atoms with Gasteiger partial charge in [-0.1, -0.05) is 39.0 Å². The molecule has 0 amide bonds. The van der Waals surface area contributed by atoms with Crippen LogP contribution in [0.1, 0.15) is 51.9 Å². The molecule has 0 radical (unpaired) electrons. The summed E-state index contributed by atoms with van der Waals surface area (Å²) < 4.78 is 0. The van der Waals surface area contributed by atoms with Gasteiger partial charge in [0.1, 0.15) is 6.29 Å². The van der Waals surface area contributed by atoms with Gasteiger partial charge < -0.3 is 4.79 Å². The van der Waals surface area contributed by atoms with Crippen LogP contribution in [0.2, 0.25) is 0 Å². The summed E-state index contributed by atoms with van der Waals surface area (Å²) in [5.74, 6) is 0. The second-order valence-corrected chi connectivity index (χ2v) is 4.52. The van der Waals surface area contributed by atoms with Gasteiger partial charge in [-0.05, 0) is 6.42 Å². The van der Waals surface area contributed by atoms with Gasteiger partial charge in [0.25, 0.3) is 0 Å². The summed E-state index contributed by atoms with van der Waals surface area (Å²) in [5.41, 5.74) is -0.601. The summed E-state index contributed by atoms with van der Waals surface area (Å²) in [6.07, 6.45) is 7.58. The second kappa shape index (κ2) is 5.24. The van der Waals surface area contributed by atoms with Crippen molar-refractivity contribution in [3.05, 3.63) is 10.1 Å². The molecule has 0 N–H and O–H groups in total. The monoisotopic (exact) mass is 213 g/mol. The summed E-state index contributed by atoms with van der Waals surface area (Å²) in [6, 6.07) is -0.596. The maximum Gasteiger partial charge on any atom is 0.226 e. The molecule has 2 atom stereocenters. The normalized spacial score (nSPS) is 28.7. The van der Waals surface area contributed by atoms with Crippen LogP contribution in [0.5, 0.6) is 0 Å². The zero-order valence-electron chi connectivity index (χ0n) is 9.28. The van der Waals surface area contributed by atoms with E-state index in [0.717, 1.165) is 19.1 Å². The Kier molecular flexibility index (Phi) is 4.24. The third-order valence-electron chi connectivity index (χ3n) is 3.31. The van der Waals surface area contributed by atoms with Crippen molar-refractivity contribution in [3.63, 3.8) is 0 Å². The van der Waals surface area contributed by atoms with Gasteiger partial charge in [-0.2, -0.15) is 0 Å². The number of nitrogens with zero attached hydrogens (tertiary/aromatic N) is 1. The van der Waals surface area contributed by atoms with E-state index in [2.05, 4.69) is 6.92 Å². The molecule has 86 valence electrons. The Hall–Kier alpha value is -0.930. The minimum Gasteiger partial charge on any atom is -0.302 e. The lowest BCUT2D eigenvalue weighted by Gasteiger charge is -2.05. The van der Waals surface area contributed by atoms with Gasteiger partial charge in [-0.3, -0.25) is 10.1 Å². The Morgan fingerprint density at radius 1 is 1.40 bits per heavy atom. The minimum absolute atomic E-state index is 0.305. The van der Waals surface area contributed by atoms with E-state index in [1.165, 1.54) is 19.3 Å². The molecule has 1 fully saturated rings. The zero-order chi connectivity index (χ0) is 11.3. The van der Waals surface area contributed by atoms with E-state index in [1.807, 2.05) is 0 Å². The molecule has 0 bridgehead atoms. The van der Waals surface area contributed by atoms with Crippen molar-refractivity contribution in [1.29, 1.82) is 0 Å². The molecular formula is C11H19NO3. The van der Waals surface area contributed by atoms with Crippen LogP contribution in [-0.2, 0) is 4.79 Å². The summed E-state index contributed by atoms with van der Waals surface area (Å²) in [4.78, 5) is 21.0. The van der Waals surface area contributed by atoms with Gasteiger partial charge in [0, 0.05) is 11.3 Å². The molecule has 4 nitrogen and oxygen atoms in total. The largest absolute Gasteiger partial charge is 0.302 e. The van der Waals surface area contributed by atoms with E-state index in [0.29, 0.717) is 12.8 Å². The third-order valence-corrected chi connectivity index (χ3v) is 3.31. The summed E-state index contributed by atoms with van der Waals surface area (Å²) >= 11 is 0. The number of nitro groups is 1. The first-order chi connectivity index (χ1) is 7.16. The Bertz CT molecular complexity index is 242. The summed E-state index contributed by atoms with van der Waals surface area (Å²) in [7, 11) is 0. The van der Waals surface area contributed by atoms with Gasteiger partial charge in [0.15, 0.2) is 0 Å². The van der Waals surface area contributed by atoms with Gasteiger partial charge >= 0.3 is 0 Å². The number of unbranched alkanes of at least 4 members (excludes halogenated alkanes) is 4. The Morgan fingerprint density at radius 2 is 2.07 bits per heavy atom. The maximum atomic E-state index is 10.8. The van der Waals surface area contributed by atoms with Gasteiger partial charge in [0.05, 0.1) is 5.41 Å². The SMILES string of the molecule is CCCCCCC[C@]1(C=O)C[C@@H]1[N+](=O)[O-]. The van der Waals surface area contributed by atoms with Crippen molar-refractivity contribution in [2.24, 2.45) is 5.41 Å². The molecule has 0 aliphatic heterocycles. The number of aldehydes is 1. The zero-order valence-corrected chi connectivity index (χ0v) is 9.28. The highest BCUT2D eigenvalue weighted by Crippen LogP contribution is 2.50. The Morgan fingerprint density at radius 3 is 2.53 bits per heavy atom. The standard InChI is InChI=1S/C11H19NO3/c1-2-3-4-5-6-7-11(9-13)8-10(11)12(14)15/h9-10H,2-8H2,1H3/t10-,11+/m0/s1. The highest BCUT2D eigenvalue weighted by atomic mass is 16.6. The molecule has 0 saturated heterocycles. The van der Waals surface area contributed by atoms with Crippen molar-refractivity contribution in [2.75, 3.05) is 0 Å². The van der Waals surface area contributed by atoms with Crippen LogP contribution in [0, 0.1) is 15.5 Å². The number of carbonyl (C=O) groups is 1. The molecule has 1 aliphatic rings. The lowest BCUT2D eigenvalue weighted by atomic mass is 9.98. The van der Waals surface area contributed by atoms with E-state index in [-0.39, 0.29) is 4.92 Å². The van der Waals surface area contributed by atoms with Crippen molar-refractivity contribution in [1.82, 2.24) is 0 Å². The number of hydrogen-bond acceptors (Lipinski definition) is 3. The Balaban J connectivity index is 2.20. The quantitative estimate of drug-likeness (QED) is 0.269. The minimum atomic E-state index is -0.601. The van der Waals surface area contributed by atoms with Gasteiger partial charge in [-0.15, -0.1) is 0 Å². The molecule has 4 heteroatoms. The van der Waals surface area contributed by atoms with Crippen LogP contribution in [0.15, 0.2) is 0 Å². The second-order valence-electron chi connectivity index (χ2n) is 4.52. The number of hydrogen-bond donors (Lipinski definition) is 0. The molecule has 0 aromatic rings. The molecule has 0 heterocycles. The van der Waals surface area contributed by atoms with Gasteiger partial charge in [-0.25, -0.2) is 0 Å². The van der Waals surface area contributed by atoms with Crippen molar-refractivity contribution in [3.8, 4) is 0 Å². The number of carbonyl (C=O) groups excluding carboxylic acids is 1. The van der Waals surface area contributed by atoms with Gasteiger partial charge in [0.2, 0.25) is 6.04 Å². The molecule has 15 heavy (non-hydrogen) atoms. The predicted octanol–water partition coefficient (Wildman–Crippen LogP) is 2.58. The molecule has 0 spiro atoms. The van der Waals surface area contributed by atoms with E-state index in [9.17, 15) is 14.9 Å². The lowest BCUT2D eigenvalue weighted by molar-refractivity contribution is -0.501. The predicted molar refractivity (Wildman–Crippen MR) is 57.3 cm³/mol. The van der Waals surface area contributed by atoms with E-state index < -0.39 is 11.5 Å². The average molecular weight is 213 g/mol. The first-order valence-corrected chi connectivity index (χ1v) is 5.76. The molecule has 0 unspecified atom stereocenters. The average Bonchev–Trinajstić information content (AvgIpc) is 2.93. The first-order valence-electron chi connectivity index (χ1n) is 5.76. The van der Waals surface area contributed by atoms with Crippen LogP contribution in [0.25, 0.3) is 0 Å². The van der Waals surface area contributed by atoms with E-state index in [1.54, 1.807) is 0 Å². The Labute approximate surface area is 90.2 Å². The molecule has 0 aromatic carbocycles. The maximum absolute atomic E-state index is 10.8. The van der Waals surface area contributed by atoms with Crippen LogP contribution in [0.4, 0.5) is 0 Å². The fourth-order valence-corrected chi connectivity index (χ4v) is 2.10. The van der Waals surface area contributed by atoms with Crippen LogP contribution in [-0.4, -0.2) is 17.3 Å². The molecule has 0 aromatic heterocycles. The summed E-state index contributed by atoms with van der Waals surface area (Å²) in [6.45, 7) is 2.15. The highest BCUT2D eigenvalue weighted by molar-refractivity contribution is 5.65. The fourth-order valence-electron chi connectivity index (χ4n) is 2.10. The first kappa shape index (κ1) is 12.1. The van der Waals surface area contributed by atoms with E-state index >= 15 is 0 Å².